The molecule has 1 aliphatic rings. The lowest BCUT2D eigenvalue weighted by molar-refractivity contribution is -0.127. The fourth-order valence-electron chi connectivity index (χ4n) is 2.36. The monoisotopic (exact) mass is 304 g/mol. The summed E-state index contributed by atoms with van der Waals surface area (Å²) in [5.41, 5.74) is 2.11. The zero-order valence-corrected chi connectivity index (χ0v) is 11.4. The number of benzene rings is 1. The van der Waals surface area contributed by atoms with E-state index in [-0.39, 0.29) is 10.7 Å². The third-order valence-electron chi connectivity index (χ3n) is 3.31. The minimum atomic E-state index is -0.0135. The molecule has 1 atom stereocenters. The van der Waals surface area contributed by atoms with Gasteiger partial charge in [-0.3, -0.25) is 9.78 Å². The van der Waals surface area contributed by atoms with Gasteiger partial charge in [0.05, 0.1) is 10.3 Å². The first-order valence-corrected chi connectivity index (χ1v) is 6.93. The summed E-state index contributed by atoms with van der Waals surface area (Å²) in [6, 6.07) is 10.1. The van der Waals surface area contributed by atoms with Crippen LogP contribution < -0.4 is 0 Å². The van der Waals surface area contributed by atoms with E-state index in [4.69, 9.17) is 0 Å². The number of pyridine rings is 1. The van der Waals surface area contributed by atoms with Gasteiger partial charge in [0, 0.05) is 24.7 Å². The molecule has 0 spiro atoms. The van der Waals surface area contributed by atoms with Crippen molar-refractivity contribution < 1.29 is 4.79 Å². The molecule has 3 nitrogen and oxygen atoms in total. The Bertz CT molecular complexity index is 594. The molecule has 1 aromatic heterocycles. The van der Waals surface area contributed by atoms with Gasteiger partial charge in [0.15, 0.2) is 0 Å². The van der Waals surface area contributed by atoms with Crippen LogP contribution in [0.25, 0.3) is 10.9 Å². The number of fused-ring (bicyclic) bond motifs is 1. The van der Waals surface area contributed by atoms with E-state index in [0.29, 0.717) is 6.54 Å². The number of rotatable bonds is 2. The molecule has 18 heavy (non-hydrogen) atoms. The van der Waals surface area contributed by atoms with Gasteiger partial charge in [-0.25, -0.2) is 0 Å². The maximum atomic E-state index is 11.9. The first kappa shape index (κ1) is 11.7. The van der Waals surface area contributed by atoms with Crippen LogP contribution in [0.1, 0.15) is 12.0 Å². The second-order valence-corrected chi connectivity index (χ2v) is 5.61. The number of para-hydroxylation sites is 1. The van der Waals surface area contributed by atoms with Gasteiger partial charge in [-0.2, -0.15) is 0 Å². The van der Waals surface area contributed by atoms with E-state index in [0.717, 1.165) is 29.4 Å². The SMILES string of the molecule is O=C1C(Br)CCN1Cc1cccc2cccnc12. The van der Waals surface area contributed by atoms with Crippen LogP contribution in [0.15, 0.2) is 36.5 Å². The van der Waals surface area contributed by atoms with Crippen molar-refractivity contribution in [2.24, 2.45) is 0 Å². The Labute approximate surface area is 114 Å². The third-order valence-corrected chi connectivity index (χ3v) is 4.16. The second kappa shape index (κ2) is 4.69. The number of alkyl halides is 1. The summed E-state index contributed by atoms with van der Waals surface area (Å²) in [6.07, 6.45) is 2.68. The Morgan fingerprint density at radius 1 is 1.33 bits per heavy atom. The summed E-state index contributed by atoms with van der Waals surface area (Å²) >= 11 is 3.40. The van der Waals surface area contributed by atoms with E-state index in [1.807, 2.05) is 35.2 Å². The van der Waals surface area contributed by atoms with Crippen molar-refractivity contribution in [3.63, 3.8) is 0 Å². The molecule has 0 radical (unpaired) electrons. The predicted octanol–water partition coefficient (Wildman–Crippen LogP) is 2.73. The van der Waals surface area contributed by atoms with E-state index < -0.39 is 0 Å². The highest BCUT2D eigenvalue weighted by Gasteiger charge is 2.29. The average molecular weight is 305 g/mol. The van der Waals surface area contributed by atoms with Crippen LogP contribution in [0.3, 0.4) is 0 Å². The maximum absolute atomic E-state index is 11.9. The minimum Gasteiger partial charge on any atom is -0.337 e. The van der Waals surface area contributed by atoms with Crippen molar-refractivity contribution in [3.8, 4) is 0 Å². The Kier molecular flexibility index (Phi) is 3.04. The maximum Gasteiger partial charge on any atom is 0.236 e. The van der Waals surface area contributed by atoms with Crippen LogP contribution in [-0.2, 0) is 11.3 Å². The van der Waals surface area contributed by atoms with Crippen LogP contribution in [0.4, 0.5) is 0 Å². The molecule has 1 unspecified atom stereocenters. The third kappa shape index (κ3) is 2.01. The summed E-state index contributed by atoms with van der Waals surface area (Å²) in [5, 5.41) is 1.12. The first-order valence-electron chi connectivity index (χ1n) is 6.01. The van der Waals surface area contributed by atoms with Gasteiger partial charge >= 0.3 is 0 Å². The number of halogens is 1. The molecule has 0 saturated carbocycles. The molecule has 1 saturated heterocycles. The molecule has 1 fully saturated rings. The fourth-order valence-corrected chi connectivity index (χ4v) is 2.85. The molecule has 1 amide bonds. The van der Waals surface area contributed by atoms with Crippen molar-refractivity contribution in [1.82, 2.24) is 9.88 Å². The van der Waals surface area contributed by atoms with Gasteiger partial charge in [0.25, 0.3) is 0 Å². The molecule has 2 aromatic rings. The van der Waals surface area contributed by atoms with E-state index >= 15 is 0 Å². The standard InChI is InChI=1S/C14H13BrN2O/c15-12-6-8-17(14(12)18)9-11-4-1-3-10-5-2-7-16-13(10)11/h1-5,7,12H,6,8-9H2. The molecule has 1 aliphatic heterocycles. The van der Waals surface area contributed by atoms with E-state index in [2.05, 4.69) is 20.9 Å². The number of hydrogen-bond acceptors (Lipinski definition) is 2. The Hall–Kier alpha value is -1.42. The first-order chi connectivity index (χ1) is 8.75. The second-order valence-electron chi connectivity index (χ2n) is 4.51. The van der Waals surface area contributed by atoms with Gasteiger partial charge in [-0.15, -0.1) is 0 Å². The number of amides is 1. The average Bonchev–Trinajstić information content (AvgIpc) is 2.71. The van der Waals surface area contributed by atoms with E-state index in [1.165, 1.54) is 0 Å². The van der Waals surface area contributed by atoms with Crippen molar-refractivity contribution in [1.29, 1.82) is 0 Å². The van der Waals surface area contributed by atoms with Gasteiger partial charge in [-0.1, -0.05) is 40.2 Å². The summed E-state index contributed by atoms with van der Waals surface area (Å²) in [5.74, 6) is 0.183. The van der Waals surface area contributed by atoms with Crippen molar-refractivity contribution in [2.45, 2.75) is 17.8 Å². The van der Waals surface area contributed by atoms with Crippen LogP contribution in [0.5, 0.6) is 0 Å². The smallest absolute Gasteiger partial charge is 0.236 e. The van der Waals surface area contributed by atoms with Crippen molar-refractivity contribution >= 4 is 32.7 Å². The lowest BCUT2D eigenvalue weighted by Gasteiger charge is -2.16. The molecule has 2 heterocycles. The number of aromatic nitrogens is 1. The normalized spacial score (nSPS) is 19.7. The topological polar surface area (TPSA) is 33.2 Å². The molecule has 3 rings (SSSR count). The summed E-state index contributed by atoms with van der Waals surface area (Å²) in [7, 11) is 0. The van der Waals surface area contributed by atoms with Gasteiger partial charge in [0.2, 0.25) is 5.91 Å². The highest BCUT2D eigenvalue weighted by molar-refractivity contribution is 9.10. The summed E-state index contributed by atoms with van der Waals surface area (Å²) in [4.78, 5) is 18.2. The summed E-state index contributed by atoms with van der Waals surface area (Å²) < 4.78 is 0. The lowest BCUT2D eigenvalue weighted by Crippen LogP contribution is -2.27. The molecule has 0 N–H and O–H groups in total. The quantitative estimate of drug-likeness (QED) is 0.799. The molecule has 92 valence electrons. The van der Waals surface area contributed by atoms with Crippen molar-refractivity contribution in [3.05, 3.63) is 42.1 Å². The van der Waals surface area contributed by atoms with Gasteiger partial charge < -0.3 is 4.90 Å². The number of carbonyl (C=O) groups is 1. The highest BCUT2D eigenvalue weighted by atomic mass is 79.9. The predicted molar refractivity (Wildman–Crippen MR) is 74.5 cm³/mol. The molecule has 0 bridgehead atoms. The number of likely N-dealkylation sites (tertiary alicyclic amines) is 1. The highest BCUT2D eigenvalue weighted by Crippen LogP contribution is 2.23. The van der Waals surface area contributed by atoms with Crippen molar-refractivity contribution in [2.75, 3.05) is 6.54 Å². The zero-order valence-electron chi connectivity index (χ0n) is 9.84. The number of carbonyl (C=O) groups excluding carboxylic acids is 1. The van der Waals surface area contributed by atoms with Gasteiger partial charge in [0.1, 0.15) is 0 Å². The van der Waals surface area contributed by atoms with Crippen LogP contribution in [0, 0.1) is 0 Å². The Morgan fingerprint density at radius 2 is 2.17 bits per heavy atom. The molecule has 1 aromatic carbocycles. The van der Waals surface area contributed by atoms with Crippen LogP contribution in [-0.4, -0.2) is 27.2 Å². The molecule has 0 aliphatic carbocycles. The molecular formula is C14H13BrN2O. The minimum absolute atomic E-state index is 0.0135. The van der Waals surface area contributed by atoms with E-state index in [1.54, 1.807) is 6.20 Å². The fraction of sp³-hybridized carbons (Fsp3) is 0.286. The van der Waals surface area contributed by atoms with E-state index in [9.17, 15) is 4.79 Å². The number of hydrogen-bond donors (Lipinski definition) is 0. The van der Waals surface area contributed by atoms with Gasteiger partial charge in [-0.05, 0) is 18.1 Å². The largest absolute Gasteiger partial charge is 0.337 e. The Balaban J connectivity index is 1.93. The Morgan fingerprint density at radius 3 is 2.94 bits per heavy atom. The van der Waals surface area contributed by atoms with Crippen LogP contribution in [0.2, 0.25) is 0 Å². The molecule has 4 heteroatoms. The summed E-state index contributed by atoms with van der Waals surface area (Å²) in [6.45, 7) is 1.47. The molecular weight excluding hydrogens is 292 g/mol. The zero-order chi connectivity index (χ0) is 12.5. The van der Waals surface area contributed by atoms with Crippen LogP contribution >= 0.6 is 15.9 Å². The lowest BCUT2D eigenvalue weighted by atomic mass is 10.1. The number of nitrogens with zero attached hydrogens (tertiary/aromatic N) is 2.